The van der Waals surface area contributed by atoms with Crippen LogP contribution in [0.4, 0.5) is 0 Å². The van der Waals surface area contributed by atoms with Crippen molar-refractivity contribution in [3.8, 4) is 0 Å². The van der Waals surface area contributed by atoms with E-state index >= 15 is 0 Å². The molecule has 0 amide bonds. The number of carbonyl (C=O) groups is 1. The molecule has 1 aromatic rings. The highest BCUT2D eigenvalue weighted by molar-refractivity contribution is 5.80. The van der Waals surface area contributed by atoms with Gasteiger partial charge >= 0.3 is 5.97 Å². The van der Waals surface area contributed by atoms with Crippen LogP contribution in [0.5, 0.6) is 0 Å². The average Bonchev–Trinajstić information content (AvgIpc) is 3.27. The molecule has 3 nitrogen and oxygen atoms in total. The summed E-state index contributed by atoms with van der Waals surface area (Å²) in [5.74, 6) is -0.317. The minimum absolute atomic E-state index is 0.0789. The zero-order chi connectivity index (χ0) is 20.5. The van der Waals surface area contributed by atoms with Gasteiger partial charge in [-0.2, -0.15) is 0 Å². The number of methoxy groups -OCH3 is 1. The van der Waals surface area contributed by atoms with E-state index in [0.29, 0.717) is 5.92 Å². The van der Waals surface area contributed by atoms with Gasteiger partial charge in [0.1, 0.15) is 0 Å². The van der Waals surface area contributed by atoms with E-state index < -0.39 is 11.6 Å². The topological polar surface area (TPSA) is 46.5 Å². The third-order valence-corrected chi connectivity index (χ3v) is 8.26. The predicted molar refractivity (Wildman–Crippen MR) is 112 cm³/mol. The Bertz CT molecular complexity index is 863. The van der Waals surface area contributed by atoms with Gasteiger partial charge in [-0.15, -0.1) is 0 Å². The molecule has 3 heteroatoms. The third-order valence-electron chi connectivity index (χ3n) is 8.26. The van der Waals surface area contributed by atoms with Gasteiger partial charge in [-0.25, -0.2) is 4.79 Å². The molecule has 28 heavy (non-hydrogen) atoms. The second-order valence-electron chi connectivity index (χ2n) is 10.7. The number of hydrogen-bond donors (Lipinski definition) is 1. The van der Waals surface area contributed by atoms with Crippen LogP contribution in [0.2, 0.25) is 0 Å². The molecule has 0 spiro atoms. The molecule has 1 N–H and O–H groups in total. The first-order valence-electron chi connectivity index (χ1n) is 10.6. The van der Waals surface area contributed by atoms with Gasteiger partial charge in [0.05, 0.1) is 5.60 Å². The lowest BCUT2D eigenvalue weighted by Crippen LogP contribution is -2.42. The first kappa shape index (κ1) is 19.7. The van der Waals surface area contributed by atoms with Crippen LogP contribution in [0, 0.1) is 12.8 Å². The van der Waals surface area contributed by atoms with Gasteiger partial charge in [0.25, 0.3) is 0 Å². The first-order chi connectivity index (χ1) is 13.0. The molecule has 0 aliphatic heterocycles. The summed E-state index contributed by atoms with van der Waals surface area (Å²) in [4.78, 5) is 11.2. The number of carboxylic acids is 1. The molecule has 2 saturated carbocycles. The number of hydrogen-bond acceptors (Lipinski definition) is 2. The molecular weight excluding hydrogens is 348 g/mol. The molecule has 2 fully saturated rings. The number of aryl methyl sites for hydroxylation is 1. The van der Waals surface area contributed by atoms with Crippen LogP contribution in [0.1, 0.15) is 82.1 Å². The van der Waals surface area contributed by atoms with Crippen LogP contribution >= 0.6 is 0 Å². The Balaban J connectivity index is 1.90. The Hall–Kier alpha value is -1.61. The summed E-state index contributed by atoms with van der Waals surface area (Å²) in [7, 11) is 1.75. The van der Waals surface area contributed by atoms with Gasteiger partial charge in [0, 0.05) is 18.6 Å². The van der Waals surface area contributed by atoms with Crippen LogP contribution < -0.4 is 0 Å². The quantitative estimate of drug-likeness (QED) is 0.707. The normalized spacial score (nSPS) is 34.9. The smallest absolute Gasteiger partial charge is 0.328 e. The van der Waals surface area contributed by atoms with E-state index in [9.17, 15) is 9.90 Å². The summed E-state index contributed by atoms with van der Waals surface area (Å²) >= 11 is 0. The third kappa shape index (κ3) is 2.55. The number of fused-ring (bicyclic) bond motifs is 2. The molecular formula is C25H34O3. The van der Waals surface area contributed by atoms with Crippen LogP contribution in [-0.2, 0) is 25.8 Å². The number of benzene rings is 1. The Morgan fingerprint density at radius 2 is 1.68 bits per heavy atom. The van der Waals surface area contributed by atoms with E-state index in [1.165, 1.54) is 41.2 Å². The fourth-order valence-corrected chi connectivity index (χ4v) is 6.36. The van der Waals surface area contributed by atoms with E-state index in [4.69, 9.17) is 4.74 Å². The molecule has 3 atom stereocenters. The maximum atomic E-state index is 11.2. The average molecular weight is 383 g/mol. The zero-order valence-corrected chi connectivity index (χ0v) is 18.2. The summed E-state index contributed by atoms with van der Waals surface area (Å²) in [5, 5.41) is 9.23. The SMILES string of the molecule is COC1(C=CC(=O)O)CCC2CC21c1cc2c(cc1C)C(C)(C)CCC2(C)C. The second kappa shape index (κ2) is 5.95. The Morgan fingerprint density at radius 1 is 1.07 bits per heavy atom. The van der Waals surface area contributed by atoms with E-state index in [2.05, 4.69) is 46.8 Å². The number of aliphatic carboxylic acids is 1. The largest absolute Gasteiger partial charge is 0.478 e. The molecule has 3 aliphatic rings. The van der Waals surface area contributed by atoms with Crippen LogP contribution in [0.3, 0.4) is 0 Å². The Kier molecular flexibility index (Phi) is 4.18. The molecule has 3 aliphatic carbocycles. The van der Waals surface area contributed by atoms with Gasteiger partial charge in [0.15, 0.2) is 0 Å². The highest BCUT2D eigenvalue weighted by Crippen LogP contribution is 2.71. The van der Waals surface area contributed by atoms with Crippen molar-refractivity contribution >= 4 is 5.97 Å². The van der Waals surface area contributed by atoms with Crippen LogP contribution in [0.25, 0.3) is 0 Å². The molecule has 0 radical (unpaired) electrons. The molecule has 1 aromatic carbocycles. The van der Waals surface area contributed by atoms with Gasteiger partial charge < -0.3 is 9.84 Å². The summed E-state index contributed by atoms with van der Waals surface area (Å²) < 4.78 is 6.10. The van der Waals surface area contributed by atoms with Gasteiger partial charge in [-0.1, -0.05) is 39.8 Å². The van der Waals surface area contributed by atoms with Crippen molar-refractivity contribution in [2.24, 2.45) is 5.92 Å². The van der Waals surface area contributed by atoms with E-state index in [1.807, 2.05) is 6.08 Å². The lowest BCUT2D eigenvalue weighted by atomic mass is 9.61. The van der Waals surface area contributed by atoms with Crippen molar-refractivity contribution in [2.75, 3.05) is 7.11 Å². The maximum absolute atomic E-state index is 11.2. The molecule has 152 valence electrons. The fraction of sp³-hybridized carbons (Fsp3) is 0.640. The standard InChI is InChI=1S/C25H34O3/c1-16-13-19-20(23(4,5)12-11-22(19,2)3)14-18(16)25-15-17(25)7-9-24(25,28-6)10-8-21(26)27/h8,10,13-14,17H,7,9,11-12,15H2,1-6H3,(H,26,27). The molecule has 0 heterocycles. The summed E-state index contributed by atoms with van der Waals surface area (Å²) in [5.41, 5.74) is 5.46. The Morgan fingerprint density at radius 3 is 2.21 bits per heavy atom. The van der Waals surface area contributed by atoms with Crippen molar-refractivity contribution in [2.45, 2.75) is 88.6 Å². The van der Waals surface area contributed by atoms with Crippen molar-refractivity contribution in [3.05, 3.63) is 46.5 Å². The van der Waals surface area contributed by atoms with E-state index in [1.54, 1.807) is 7.11 Å². The number of carboxylic acid groups (broad SMARTS) is 1. The van der Waals surface area contributed by atoms with Crippen molar-refractivity contribution in [1.29, 1.82) is 0 Å². The lowest BCUT2D eigenvalue weighted by molar-refractivity contribution is -0.131. The highest BCUT2D eigenvalue weighted by atomic mass is 16.5. The van der Waals surface area contributed by atoms with Crippen LogP contribution in [-0.4, -0.2) is 23.8 Å². The van der Waals surface area contributed by atoms with Crippen molar-refractivity contribution in [1.82, 2.24) is 0 Å². The van der Waals surface area contributed by atoms with E-state index in [-0.39, 0.29) is 16.2 Å². The monoisotopic (exact) mass is 382 g/mol. The molecule has 0 aromatic heterocycles. The Labute approximate surface area is 169 Å². The van der Waals surface area contributed by atoms with Gasteiger partial charge in [0.2, 0.25) is 0 Å². The van der Waals surface area contributed by atoms with Gasteiger partial charge in [-0.05, 0) is 84.1 Å². The minimum Gasteiger partial charge on any atom is -0.478 e. The fourth-order valence-electron chi connectivity index (χ4n) is 6.36. The summed E-state index contributed by atoms with van der Waals surface area (Å²) in [6, 6.07) is 4.90. The lowest BCUT2D eigenvalue weighted by Gasteiger charge is -2.44. The maximum Gasteiger partial charge on any atom is 0.328 e. The summed E-state index contributed by atoms with van der Waals surface area (Å²) in [6.07, 6.45) is 8.60. The second-order valence-corrected chi connectivity index (χ2v) is 10.7. The van der Waals surface area contributed by atoms with Gasteiger partial charge in [-0.3, -0.25) is 0 Å². The minimum atomic E-state index is -0.902. The van der Waals surface area contributed by atoms with E-state index in [0.717, 1.165) is 19.3 Å². The van der Waals surface area contributed by atoms with Crippen LogP contribution in [0.15, 0.2) is 24.3 Å². The molecule has 3 unspecified atom stereocenters. The molecule has 0 saturated heterocycles. The highest BCUT2D eigenvalue weighted by Gasteiger charge is 2.71. The zero-order valence-electron chi connectivity index (χ0n) is 18.2. The first-order valence-corrected chi connectivity index (χ1v) is 10.6. The number of ether oxygens (including phenoxy) is 1. The molecule has 0 bridgehead atoms. The van der Waals surface area contributed by atoms with Crippen molar-refractivity contribution < 1.29 is 14.6 Å². The molecule has 4 rings (SSSR count). The number of rotatable bonds is 4. The predicted octanol–water partition coefficient (Wildman–Crippen LogP) is 5.42. The summed E-state index contributed by atoms with van der Waals surface area (Å²) in [6.45, 7) is 11.7. The van der Waals surface area contributed by atoms with Crippen molar-refractivity contribution in [3.63, 3.8) is 0 Å².